The minimum atomic E-state index is -2.80. The van der Waals surface area contributed by atoms with Crippen LogP contribution in [0.5, 0.6) is 0 Å². The smallest absolute Gasteiger partial charge is 0.151 e. The van der Waals surface area contributed by atoms with E-state index in [4.69, 9.17) is 0 Å². The van der Waals surface area contributed by atoms with Crippen molar-refractivity contribution in [1.82, 2.24) is 10.2 Å². The summed E-state index contributed by atoms with van der Waals surface area (Å²) < 4.78 is 22.7. The molecule has 5 heteroatoms. The van der Waals surface area contributed by atoms with Crippen LogP contribution in [-0.2, 0) is 9.84 Å². The van der Waals surface area contributed by atoms with Crippen molar-refractivity contribution < 1.29 is 8.42 Å². The molecule has 4 nitrogen and oxygen atoms in total. The maximum absolute atomic E-state index is 11.4. The number of hydrogen-bond donors (Lipinski definition) is 1. The summed E-state index contributed by atoms with van der Waals surface area (Å²) in [6.07, 6.45) is 2.30. The highest BCUT2D eigenvalue weighted by molar-refractivity contribution is 7.91. The van der Waals surface area contributed by atoms with Gasteiger partial charge in [0, 0.05) is 24.9 Å². The summed E-state index contributed by atoms with van der Waals surface area (Å²) in [5, 5.41) is 3.48. The number of hydrogen-bond acceptors (Lipinski definition) is 4. The number of likely N-dealkylation sites (tertiary alicyclic amines) is 1. The van der Waals surface area contributed by atoms with Crippen LogP contribution in [0.15, 0.2) is 0 Å². The molecule has 1 rings (SSSR count). The molecule has 0 spiro atoms. The Morgan fingerprint density at radius 3 is 2.75 bits per heavy atom. The van der Waals surface area contributed by atoms with Gasteiger partial charge in [-0.1, -0.05) is 13.8 Å². The Bertz CT molecular complexity index is 290. The molecule has 1 N–H and O–H groups in total. The second-order valence-electron chi connectivity index (χ2n) is 4.48. The Balaban J connectivity index is 2.21. The van der Waals surface area contributed by atoms with Gasteiger partial charge in [0.05, 0.1) is 5.75 Å². The number of sulfone groups is 1. The summed E-state index contributed by atoms with van der Waals surface area (Å²) in [4.78, 5) is 2.25. The molecule has 0 saturated carbocycles. The third-order valence-corrected chi connectivity index (χ3v) is 4.80. The van der Waals surface area contributed by atoms with Gasteiger partial charge in [0.15, 0.2) is 9.84 Å². The fourth-order valence-electron chi connectivity index (χ4n) is 1.96. The van der Waals surface area contributed by atoms with Crippen LogP contribution in [0.4, 0.5) is 0 Å². The van der Waals surface area contributed by atoms with E-state index in [1.54, 1.807) is 6.92 Å². The lowest BCUT2D eigenvalue weighted by atomic mass is 10.2. The van der Waals surface area contributed by atoms with Gasteiger partial charge in [0.25, 0.3) is 0 Å². The molecule has 0 bridgehead atoms. The van der Waals surface area contributed by atoms with E-state index in [0.717, 1.165) is 32.5 Å². The van der Waals surface area contributed by atoms with Crippen molar-refractivity contribution in [2.45, 2.75) is 32.7 Å². The topological polar surface area (TPSA) is 49.4 Å². The number of nitrogens with zero attached hydrogens (tertiary/aromatic N) is 1. The second-order valence-corrected chi connectivity index (χ2v) is 6.95. The Morgan fingerprint density at radius 1 is 1.38 bits per heavy atom. The van der Waals surface area contributed by atoms with Crippen LogP contribution >= 0.6 is 0 Å². The van der Waals surface area contributed by atoms with Crippen molar-refractivity contribution in [2.75, 3.05) is 37.7 Å². The van der Waals surface area contributed by atoms with Crippen LogP contribution in [0.1, 0.15) is 26.7 Å². The van der Waals surface area contributed by atoms with Crippen molar-refractivity contribution in [3.63, 3.8) is 0 Å². The van der Waals surface area contributed by atoms with Crippen LogP contribution in [0.2, 0.25) is 0 Å². The first-order chi connectivity index (χ1) is 7.57. The van der Waals surface area contributed by atoms with Crippen LogP contribution < -0.4 is 5.32 Å². The van der Waals surface area contributed by atoms with E-state index in [9.17, 15) is 8.42 Å². The van der Waals surface area contributed by atoms with Gasteiger partial charge in [0.1, 0.15) is 0 Å². The average Bonchev–Trinajstić information content (AvgIpc) is 2.72. The summed E-state index contributed by atoms with van der Waals surface area (Å²) in [5.41, 5.74) is 0. The van der Waals surface area contributed by atoms with E-state index in [0.29, 0.717) is 18.3 Å². The highest BCUT2D eigenvalue weighted by Gasteiger charge is 2.22. The van der Waals surface area contributed by atoms with Gasteiger partial charge in [-0.05, 0) is 25.9 Å². The number of rotatable bonds is 7. The molecule has 1 heterocycles. The van der Waals surface area contributed by atoms with Crippen LogP contribution in [0, 0.1) is 0 Å². The molecular weight excluding hydrogens is 224 g/mol. The SMILES string of the molecule is CCCNC1CCN(CCS(=O)(=O)CC)C1. The van der Waals surface area contributed by atoms with Crippen molar-refractivity contribution >= 4 is 9.84 Å². The molecule has 0 aromatic carbocycles. The Morgan fingerprint density at radius 2 is 2.12 bits per heavy atom. The zero-order valence-electron chi connectivity index (χ0n) is 10.4. The van der Waals surface area contributed by atoms with Gasteiger partial charge in [-0.25, -0.2) is 8.42 Å². The van der Waals surface area contributed by atoms with Gasteiger partial charge < -0.3 is 10.2 Å². The molecule has 1 unspecified atom stereocenters. The molecule has 0 radical (unpaired) electrons. The molecule has 0 aromatic heterocycles. The van der Waals surface area contributed by atoms with Crippen LogP contribution in [-0.4, -0.2) is 57.0 Å². The summed E-state index contributed by atoms with van der Waals surface area (Å²) in [6.45, 7) is 7.66. The largest absolute Gasteiger partial charge is 0.313 e. The van der Waals surface area contributed by atoms with Gasteiger partial charge in [-0.3, -0.25) is 0 Å². The summed E-state index contributed by atoms with van der Waals surface area (Å²) in [5.74, 6) is 0.572. The highest BCUT2D eigenvalue weighted by atomic mass is 32.2. The average molecular weight is 248 g/mol. The minimum Gasteiger partial charge on any atom is -0.313 e. The molecule has 1 aliphatic rings. The van der Waals surface area contributed by atoms with E-state index in [1.165, 1.54) is 0 Å². The first-order valence-electron chi connectivity index (χ1n) is 6.23. The van der Waals surface area contributed by atoms with E-state index >= 15 is 0 Å². The van der Waals surface area contributed by atoms with Crippen molar-refractivity contribution in [3.05, 3.63) is 0 Å². The maximum Gasteiger partial charge on any atom is 0.151 e. The molecule has 0 aliphatic carbocycles. The Hall–Kier alpha value is -0.130. The quantitative estimate of drug-likeness (QED) is 0.712. The first kappa shape index (κ1) is 13.9. The van der Waals surface area contributed by atoms with Gasteiger partial charge in [-0.2, -0.15) is 0 Å². The normalized spacial score (nSPS) is 22.8. The zero-order valence-corrected chi connectivity index (χ0v) is 11.2. The standard InChI is InChI=1S/C11H24N2O2S/c1-3-6-12-11-5-7-13(10-11)8-9-16(14,15)4-2/h11-12H,3-10H2,1-2H3. The molecule has 1 atom stereocenters. The van der Waals surface area contributed by atoms with Crippen LogP contribution in [0.3, 0.4) is 0 Å². The highest BCUT2D eigenvalue weighted by Crippen LogP contribution is 2.09. The fourth-order valence-corrected chi connectivity index (χ4v) is 2.79. The summed E-state index contributed by atoms with van der Waals surface area (Å²) >= 11 is 0. The molecule has 1 aliphatic heterocycles. The van der Waals surface area contributed by atoms with Crippen LogP contribution in [0.25, 0.3) is 0 Å². The van der Waals surface area contributed by atoms with Crippen molar-refractivity contribution in [3.8, 4) is 0 Å². The van der Waals surface area contributed by atoms with E-state index < -0.39 is 9.84 Å². The maximum atomic E-state index is 11.4. The summed E-state index contributed by atoms with van der Waals surface area (Å²) in [7, 11) is -2.80. The first-order valence-corrected chi connectivity index (χ1v) is 8.05. The van der Waals surface area contributed by atoms with Crippen molar-refractivity contribution in [2.24, 2.45) is 0 Å². The third-order valence-electron chi connectivity index (χ3n) is 3.11. The Kier molecular flexibility index (Phi) is 5.72. The predicted octanol–water partition coefficient (Wildman–Crippen LogP) is 0.495. The van der Waals surface area contributed by atoms with E-state index in [1.807, 2.05) is 0 Å². The summed E-state index contributed by atoms with van der Waals surface area (Å²) in [6, 6.07) is 0.560. The lowest BCUT2D eigenvalue weighted by molar-refractivity contribution is 0.346. The molecule has 0 aromatic rings. The molecule has 1 fully saturated rings. The van der Waals surface area contributed by atoms with Gasteiger partial charge in [-0.15, -0.1) is 0 Å². The van der Waals surface area contributed by atoms with Crippen molar-refractivity contribution in [1.29, 1.82) is 0 Å². The zero-order chi connectivity index (χ0) is 12.0. The lowest BCUT2D eigenvalue weighted by Crippen LogP contribution is -2.34. The molecule has 0 amide bonds. The van der Waals surface area contributed by atoms with Gasteiger partial charge in [0.2, 0.25) is 0 Å². The Labute approximate surface area is 99.3 Å². The predicted molar refractivity (Wildman–Crippen MR) is 67.5 cm³/mol. The molecule has 96 valence electrons. The van der Waals surface area contributed by atoms with E-state index in [2.05, 4.69) is 17.1 Å². The van der Waals surface area contributed by atoms with Gasteiger partial charge >= 0.3 is 0 Å². The van der Waals surface area contributed by atoms with E-state index in [-0.39, 0.29) is 5.75 Å². The number of nitrogens with one attached hydrogen (secondary N) is 1. The fraction of sp³-hybridized carbons (Fsp3) is 1.00. The molecular formula is C11H24N2O2S. The molecule has 16 heavy (non-hydrogen) atoms. The minimum absolute atomic E-state index is 0.262. The molecule has 1 saturated heterocycles. The lowest BCUT2D eigenvalue weighted by Gasteiger charge is -2.16. The second kappa shape index (κ2) is 6.57. The monoisotopic (exact) mass is 248 g/mol. The third kappa shape index (κ3) is 4.80.